The molecule has 0 heterocycles. The van der Waals surface area contributed by atoms with Gasteiger partial charge in [-0.2, -0.15) is 0 Å². The van der Waals surface area contributed by atoms with Gasteiger partial charge in [-0.05, 0) is 19.3 Å². The van der Waals surface area contributed by atoms with E-state index >= 15 is 0 Å². The summed E-state index contributed by atoms with van der Waals surface area (Å²) in [6, 6.07) is 0.772. The van der Waals surface area contributed by atoms with Crippen molar-refractivity contribution in [3.05, 3.63) is 12.2 Å². The molecule has 1 fully saturated rings. The summed E-state index contributed by atoms with van der Waals surface area (Å²) in [6.07, 6.45) is 8.19. The van der Waals surface area contributed by atoms with Crippen molar-refractivity contribution in [1.29, 1.82) is 0 Å². The summed E-state index contributed by atoms with van der Waals surface area (Å²) in [5.41, 5.74) is 5.83. The van der Waals surface area contributed by atoms with Crippen LogP contribution in [0, 0.1) is 0 Å². The molecule has 1 unspecified atom stereocenters. The molecule has 2 nitrogen and oxygen atoms in total. The molecule has 1 saturated carbocycles. The third-order valence-electron chi connectivity index (χ3n) is 2.35. The van der Waals surface area contributed by atoms with Gasteiger partial charge in [-0.25, -0.2) is 0 Å². The maximum Gasteiger partial charge on any atom is 0.0525 e. The summed E-state index contributed by atoms with van der Waals surface area (Å²) in [5, 5.41) is 3.54. The molecule has 0 radical (unpaired) electrons. The van der Waals surface area contributed by atoms with E-state index in [4.69, 9.17) is 5.73 Å². The van der Waals surface area contributed by atoms with Gasteiger partial charge >= 0.3 is 0 Å². The van der Waals surface area contributed by atoms with E-state index in [2.05, 4.69) is 17.5 Å². The van der Waals surface area contributed by atoms with Crippen LogP contribution >= 0.6 is 0 Å². The van der Waals surface area contributed by atoms with Gasteiger partial charge in [-0.3, -0.25) is 0 Å². The minimum atomic E-state index is 0.196. The predicted octanol–water partition coefficient (Wildman–Crippen LogP) is 0.396. The van der Waals surface area contributed by atoms with Crippen LogP contribution in [0.4, 0.5) is 0 Å². The first-order chi connectivity index (χ1) is 4.85. The Bertz CT molecular complexity index is 161. The lowest BCUT2D eigenvalue weighted by atomic mass is 9.85. The average Bonchev–Trinajstić information content (AvgIpc) is 2.62. The summed E-state index contributed by atoms with van der Waals surface area (Å²) in [6.45, 7) is 0.750. The van der Waals surface area contributed by atoms with Crippen LogP contribution < -0.4 is 11.1 Å². The number of nitrogens with one attached hydrogen (secondary N) is 1. The molecule has 2 aliphatic rings. The van der Waals surface area contributed by atoms with Gasteiger partial charge in [0.25, 0.3) is 0 Å². The lowest BCUT2D eigenvalue weighted by Crippen LogP contribution is -2.53. The minimum absolute atomic E-state index is 0.196. The van der Waals surface area contributed by atoms with Crippen LogP contribution in [0.2, 0.25) is 0 Å². The Kier molecular flexibility index (Phi) is 1.32. The van der Waals surface area contributed by atoms with Crippen LogP contribution in [0.3, 0.4) is 0 Å². The molecule has 0 aromatic heterocycles. The molecule has 0 aromatic rings. The van der Waals surface area contributed by atoms with Crippen molar-refractivity contribution in [3.63, 3.8) is 0 Å². The Balaban J connectivity index is 1.91. The fourth-order valence-electron chi connectivity index (χ4n) is 1.35. The van der Waals surface area contributed by atoms with E-state index in [1.165, 1.54) is 12.8 Å². The van der Waals surface area contributed by atoms with Gasteiger partial charge in [0, 0.05) is 12.6 Å². The molecule has 0 bridgehead atoms. The number of nitrogens with two attached hydrogens (primary N) is 1. The highest BCUT2D eigenvalue weighted by molar-refractivity contribution is 5.21. The Morgan fingerprint density at radius 3 is 2.60 bits per heavy atom. The van der Waals surface area contributed by atoms with E-state index in [1.807, 2.05) is 0 Å². The molecule has 0 saturated heterocycles. The third-order valence-corrected chi connectivity index (χ3v) is 2.35. The van der Waals surface area contributed by atoms with Crippen LogP contribution in [-0.2, 0) is 0 Å². The zero-order chi connectivity index (χ0) is 7.03. The molecule has 0 aromatic carbocycles. The number of hydrogen-bond acceptors (Lipinski definition) is 2. The second kappa shape index (κ2) is 2.07. The van der Waals surface area contributed by atoms with Gasteiger partial charge in [0.1, 0.15) is 0 Å². The predicted molar refractivity (Wildman–Crippen MR) is 41.7 cm³/mol. The van der Waals surface area contributed by atoms with Gasteiger partial charge in [0.15, 0.2) is 0 Å². The Hall–Kier alpha value is -0.340. The summed E-state index contributed by atoms with van der Waals surface area (Å²) < 4.78 is 0. The van der Waals surface area contributed by atoms with Crippen LogP contribution in [0.1, 0.15) is 19.3 Å². The minimum Gasteiger partial charge on any atom is -0.328 e. The van der Waals surface area contributed by atoms with E-state index in [0.29, 0.717) is 0 Å². The summed E-state index contributed by atoms with van der Waals surface area (Å²) >= 11 is 0. The monoisotopic (exact) mass is 138 g/mol. The molecule has 0 amide bonds. The molecule has 56 valence electrons. The van der Waals surface area contributed by atoms with Gasteiger partial charge in [-0.15, -0.1) is 0 Å². The molecule has 2 heteroatoms. The quantitative estimate of drug-likeness (QED) is 0.554. The van der Waals surface area contributed by atoms with E-state index in [-0.39, 0.29) is 5.54 Å². The molecular weight excluding hydrogens is 124 g/mol. The average molecular weight is 138 g/mol. The highest BCUT2D eigenvalue weighted by Crippen LogP contribution is 2.28. The molecule has 0 aliphatic heterocycles. The van der Waals surface area contributed by atoms with Crippen LogP contribution in [0.5, 0.6) is 0 Å². The smallest absolute Gasteiger partial charge is 0.0525 e. The summed E-state index contributed by atoms with van der Waals surface area (Å²) in [7, 11) is 0. The van der Waals surface area contributed by atoms with E-state index in [1.54, 1.807) is 0 Å². The summed E-state index contributed by atoms with van der Waals surface area (Å²) in [4.78, 5) is 0. The lowest BCUT2D eigenvalue weighted by molar-refractivity contribution is 0.380. The number of rotatable bonds is 3. The van der Waals surface area contributed by atoms with Crippen molar-refractivity contribution < 1.29 is 0 Å². The van der Waals surface area contributed by atoms with Crippen LogP contribution in [0.15, 0.2) is 12.2 Å². The largest absolute Gasteiger partial charge is 0.328 e. The van der Waals surface area contributed by atoms with Crippen molar-refractivity contribution in [1.82, 2.24) is 5.32 Å². The number of hydrogen-bond donors (Lipinski definition) is 2. The van der Waals surface area contributed by atoms with Gasteiger partial charge in [0.2, 0.25) is 0 Å². The first-order valence-electron chi connectivity index (χ1n) is 4.00. The van der Waals surface area contributed by atoms with Gasteiger partial charge in [0.05, 0.1) is 5.54 Å². The molecule has 2 rings (SSSR count). The zero-order valence-electron chi connectivity index (χ0n) is 6.14. The SMILES string of the molecule is NCC1(NC2CC2)C=CC1. The fraction of sp³-hybridized carbons (Fsp3) is 0.750. The molecule has 1 atom stereocenters. The van der Waals surface area contributed by atoms with Crippen molar-refractivity contribution >= 4 is 0 Å². The maximum absolute atomic E-state index is 5.63. The Labute approximate surface area is 61.5 Å². The van der Waals surface area contributed by atoms with Crippen LogP contribution in [-0.4, -0.2) is 18.1 Å². The van der Waals surface area contributed by atoms with E-state index in [0.717, 1.165) is 19.0 Å². The molecule has 10 heavy (non-hydrogen) atoms. The normalized spacial score (nSPS) is 37.7. The second-order valence-corrected chi connectivity index (χ2v) is 3.39. The highest BCUT2D eigenvalue weighted by atomic mass is 15.1. The van der Waals surface area contributed by atoms with Gasteiger partial charge < -0.3 is 11.1 Å². The maximum atomic E-state index is 5.63. The van der Waals surface area contributed by atoms with Gasteiger partial charge in [-0.1, -0.05) is 12.2 Å². The topological polar surface area (TPSA) is 38.0 Å². The standard InChI is InChI=1S/C8H14N2/c9-6-8(4-1-5-8)10-7-2-3-7/h1,4,7,10H,2-3,5-6,9H2. The first kappa shape index (κ1) is 6.38. The zero-order valence-corrected chi connectivity index (χ0v) is 6.14. The van der Waals surface area contributed by atoms with Crippen molar-refractivity contribution in [2.75, 3.05) is 6.54 Å². The van der Waals surface area contributed by atoms with E-state index in [9.17, 15) is 0 Å². The second-order valence-electron chi connectivity index (χ2n) is 3.39. The lowest BCUT2D eigenvalue weighted by Gasteiger charge is -2.35. The Morgan fingerprint density at radius 1 is 1.60 bits per heavy atom. The third kappa shape index (κ3) is 0.976. The molecule has 3 N–H and O–H groups in total. The molecule has 0 spiro atoms. The first-order valence-corrected chi connectivity index (χ1v) is 4.00. The van der Waals surface area contributed by atoms with Crippen molar-refractivity contribution in [2.45, 2.75) is 30.8 Å². The Morgan fingerprint density at radius 2 is 2.30 bits per heavy atom. The van der Waals surface area contributed by atoms with Crippen molar-refractivity contribution in [2.24, 2.45) is 5.73 Å². The van der Waals surface area contributed by atoms with Crippen molar-refractivity contribution in [3.8, 4) is 0 Å². The highest BCUT2D eigenvalue weighted by Gasteiger charge is 2.35. The summed E-state index contributed by atoms with van der Waals surface area (Å²) in [5.74, 6) is 0. The fourth-order valence-corrected chi connectivity index (χ4v) is 1.35. The molecular formula is C8H14N2. The van der Waals surface area contributed by atoms with Crippen LogP contribution in [0.25, 0.3) is 0 Å². The molecule has 2 aliphatic carbocycles. The van der Waals surface area contributed by atoms with E-state index < -0.39 is 0 Å².